The van der Waals surface area contributed by atoms with Gasteiger partial charge in [0.2, 0.25) is 0 Å². The number of thioether (sulfide) groups is 1. The van der Waals surface area contributed by atoms with E-state index in [2.05, 4.69) is 31.2 Å². The van der Waals surface area contributed by atoms with Crippen molar-refractivity contribution in [1.29, 1.82) is 0 Å². The molecule has 1 atom stereocenters. The zero-order valence-electron chi connectivity index (χ0n) is 11.0. The summed E-state index contributed by atoms with van der Waals surface area (Å²) in [5.74, 6) is 1.15. The van der Waals surface area contributed by atoms with Crippen LogP contribution in [0.1, 0.15) is 25.0 Å². The fraction of sp³-hybridized carbons (Fsp3) is 0.500. The van der Waals surface area contributed by atoms with Gasteiger partial charge >= 0.3 is 5.97 Å². The van der Waals surface area contributed by atoms with Crippen LogP contribution < -0.4 is 5.73 Å². The van der Waals surface area contributed by atoms with E-state index in [1.807, 2.05) is 0 Å². The standard InChI is InChI=1S/C14H21NO2S/c1-3-11-5-7-12(8-6-11)9-18-10-13(15)14(16)17-4-2/h5-8,13H,3-4,9-10,15H2,1-2H3. The quantitative estimate of drug-likeness (QED) is 0.771. The van der Waals surface area contributed by atoms with E-state index in [1.165, 1.54) is 11.1 Å². The molecular formula is C14H21NO2S. The van der Waals surface area contributed by atoms with Gasteiger partial charge in [-0.05, 0) is 24.5 Å². The third kappa shape index (κ3) is 5.10. The Hall–Kier alpha value is -1.00. The van der Waals surface area contributed by atoms with Gasteiger partial charge < -0.3 is 10.5 Å². The van der Waals surface area contributed by atoms with E-state index in [0.29, 0.717) is 12.4 Å². The first-order chi connectivity index (χ1) is 8.67. The van der Waals surface area contributed by atoms with Crippen molar-refractivity contribution in [2.24, 2.45) is 5.73 Å². The molecule has 0 aliphatic heterocycles. The molecule has 1 aromatic rings. The molecule has 1 unspecified atom stereocenters. The first-order valence-electron chi connectivity index (χ1n) is 6.25. The van der Waals surface area contributed by atoms with Crippen molar-refractivity contribution < 1.29 is 9.53 Å². The molecule has 2 N–H and O–H groups in total. The molecule has 1 aromatic carbocycles. The molecule has 100 valence electrons. The van der Waals surface area contributed by atoms with Crippen LogP contribution in [-0.2, 0) is 21.7 Å². The van der Waals surface area contributed by atoms with Gasteiger partial charge in [-0.3, -0.25) is 4.79 Å². The van der Waals surface area contributed by atoms with Crippen LogP contribution in [0.3, 0.4) is 0 Å². The molecule has 0 aliphatic carbocycles. The van der Waals surface area contributed by atoms with E-state index in [-0.39, 0.29) is 5.97 Å². The molecule has 0 bridgehead atoms. The number of rotatable bonds is 7. The van der Waals surface area contributed by atoms with Crippen molar-refractivity contribution in [3.05, 3.63) is 35.4 Å². The molecule has 1 rings (SSSR count). The number of ether oxygens (including phenoxy) is 1. The molecule has 0 saturated carbocycles. The Morgan fingerprint density at radius 2 is 1.89 bits per heavy atom. The zero-order chi connectivity index (χ0) is 13.4. The van der Waals surface area contributed by atoms with E-state index in [0.717, 1.165) is 12.2 Å². The SMILES string of the molecule is CCOC(=O)C(N)CSCc1ccc(CC)cc1. The highest BCUT2D eigenvalue weighted by atomic mass is 32.2. The van der Waals surface area contributed by atoms with Crippen molar-refractivity contribution in [1.82, 2.24) is 0 Å². The molecule has 0 aromatic heterocycles. The van der Waals surface area contributed by atoms with Crippen molar-refractivity contribution in [2.75, 3.05) is 12.4 Å². The molecule has 4 heteroatoms. The number of nitrogens with two attached hydrogens (primary N) is 1. The Morgan fingerprint density at radius 3 is 2.44 bits per heavy atom. The highest BCUT2D eigenvalue weighted by Gasteiger charge is 2.13. The molecule has 0 fully saturated rings. The third-order valence-electron chi connectivity index (χ3n) is 2.59. The minimum absolute atomic E-state index is 0.314. The van der Waals surface area contributed by atoms with Crippen LogP contribution in [-0.4, -0.2) is 24.4 Å². The van der Waals surface area contributed by atoms with E-state index >= 15 is 0 Å². The van der Waals surface area contributed by atoms with Crippen LogP contribution in [0.25, 0.3) is 0 Å². The summed E-state index contributed by atoms with van der Waals surface area (Å²) in [5.41, 5.74) is 8.32. The summed E-state index contributed by atoms with van der Waals surface area (Å²) in [7, 11) is 0. The average Bonchev–Trinajstić information content (AvgIpc) is 2.39. The van der Waals surface area contributed by atoms with Crippen LogP contribution >= 0.6 is 11.8 Å². The lowest BCUT2D eigenvalue weighted by molar-refractivity contribution is -0.144. The maximum absolute atomic E-state index is 11.3. The van der Waals surface area contributed by atoms with Gasteiger partial charge in [-0.2, -0.15) is 11.8 Å². The zero-order valence-corrected chi connectivity index (χ0v) is 11.8. The number of benzene rings is 1. The summed E-state index contributed by atoms with van der Waals surface area (Å²) in [5, 5.41) is 0. The molecule has 0 radical (unpaired) electrons. The fourth-order valence-corrected chi connectivity index (χ4v) is 2.43. The number of hydrogen-bond acceptors (Lipinski definition) is 4. The summed E-state index contributed by atoms with van der Waals surface area (Å²) in [6, 6.07) is 8.01. The number of carbonyl (C=O) groups excluding carboxylic acids is 1. The Morgan fingerprint density at radius 1 is 1.28 bits per heavy atom. The second-order valence-electron chi connectivity index (χ2n) is 4.04. The average molecular weight is 267 g/mol. The maximum Gasteiger partial charge on any atom is 0.323 e. The second kappa shape index (κ2) is 8.16. The third-order valence-corrected chi connectivity index (χ3v) is 3.72. The molecule has 18 heavy (non-hydrogen) atoms. The van der Waals surface area contributed by atoms with E-state index in [9.17, 15) is 4.79 Å². The minimum Gasteiger partial charge on any atom is -0.465 e. The van der Waals surface area contributed by atoms with Gasteiger partial charge in [0.1, 0.15) is 6.04 Å². The number of carbonyl (C=O) groups is 1. The summed E-state index contributed by atoms with van der Waals surface area (Å²) < 4.78 is 4.86. The normalized spacial score (nSPS) is 12.2. The maximum atomic E-state index is 11.3. The molecular weight excluding hydrogens is 246 g/mol. The first kappa shape index (κ1) is 15.1. The fourth-order valence-electron chi connectivity index (χ4n) is 1.49. The summed E-state index contributed by atoms with van der Waals surface area (Å²) >= 11 is 1.66. The lowest BCUT2D eigenvalue weighted by atomic mass is 10.1. The van der Waals surface area contributed by atoms with Crippen LogP contribution in [0.4, 0.5) is 0 Å². The highest BCUT2D eigenvalue weighted by molar-refractivity contribution is 7.98. The summed E-state index contributed by atoms with van der Waals surface area (Å²) in [6.07, 6.45) is 1.06. The van der Waals surface area contributed by atoms with Gasteiger partial charge in [-0.25, -0.2) is 0 Å². The van der Waals surface area contributed by atoms with Crippen LogP contribution in [0, 0.1) is 0 Å². The van der Waals surface area contributed by atoms with Gasteiger partial charge in [-0.15, -0.1) is 0 Å². The predicted molar refractivity (Wildman–Crippen MR) is 76.6 cm³/mol. The Bertz CT molecular complexity index is 365. The van der Waals surface area contributed by atoms with Crippen molar-refractivity contribution >= 4 is 17.7 Å². The van der Waals surface area contributed by atoms with Gasteiger partial charge in [0, 0.05) is 11.5 Å². The van der Waals surface area contributed by atoms with Crippen molar-refractivity contribution in [3.8, 4) is 0 Å². The molecule has 0 saturated heterocycles. The van der Waals surface area contributed by atoms with Gasteiger partial charge in [-0.1, -0.05) is 31.2 Å². The Balaban J connectivity index is 2.30. The van der Waals surface area contributed by atoms with Gasteiger partial charge in [0.25, 0.3) is 0 Å². The van der Waals surface area contributed by atoms with Gasteiger partial charge in [0.15, 0.2) is 0 Å². The molecule has 0 amide bonds. The van der Waals surface area contributed by atoms with E-state index in [1.54, 1.807) is 18.7 Å². The lowest BCUT2D eigenvalue weighted by Crippen LogP contribution is -2.34. The van der Waals surface area contributed by atoms with Crippen molar-refractivity contribution in [2.45, 2.75) is 32.1 Å². The predicted octanol–water partition coefficient (Wildman–Crippen LogP) is 2.37. The number of aryl methyl sites for hydroxylation is 1. The topological polar surface area (TPSA) is 52.3 Å². The Labute approximate surface area is 113 Å². The Kier molecular flexibility index (Phi) is 6.83. The van der Waals surface area contributed by atoms with E-state index < -0.39 is 6.04 Å². The second-order valence-corrected chi connectivity index (χ2v) is 5.07. The highest BCUT2D eigenvalue weighted by Crippen LogP contribution is 2.14. The van der Waals surface area contributed by atoms with E-state index in [4.69, 9.17) is 10.5 Å². The first-order valence-corrected chi connectivity index (χ1v) is 7.40. The summed E-state index contributed by atoms with van der Waals surface area (Å²) in [6.45, 7) is 4.31. The minimum atomic E-state index is -0.523. The number of hydrogen-bond donors (Lipinski definition) is 1. The van der Waals surface area contributed by atoms with Crippen molar-refractivity contribution in [3.63, 3.8) is 0 Å². The number of esters is 1. The molecule has 0 spiro atoms. The summed E-state index contributed by atoms with van der Waals surface area (Å²) in [4.78, 5) is 11.3. The van der Waals surface area contributed by atoms with Gasteiger partial charge in [0.05, 0.1) is 6.61 Å². The van der Waals surface area contributed by atoms with Crippen LogP contribution in [0.5, 0.6) is 0 Å². The lowest BCUT2D eigenvalue weighted by Gasteiger charge is -2.10. The van der Waals surface area contributed by atoms with Crippen LogP contribution in [0.15, 0.2) is 24.3 Å². The monoisotopic (exact) mass is 267 g/mol. The largest absolute Gasteiger partial charge is 0.465 e. The molecule has 0 aliphatic rings. The smallest absolute Gasteiger partial charge is 0.323 e. The molecule has 0 heterocycles. The van der Waals surface area contributed by atoms with Crippen LogP contribution in [0.2, 0.25) is 0 Å². The molecule has 3 nitrogen and oxygen atoms in total.